The van der Waals surface area contributed by atoms with E-state index >= 15 is 0 Å². The number of aliphatic hydroxyl groups excluding tert-OH is 1. The van der Waals surface area contributed by atoms with E-state index < -0.39 is 21.7 Å². The van der Waals surface area contributed by atoms with Crippen LogP contribution in [0.4, 0.5) is 4.39 Å². The zero-order valence-electron chi connectivity index (χ0n) is 7.75. The molecule has 1 rings (SSSR count). The molecule has 0 radical (unpaired) electrons. The first-order chi connectivity index (χ1) is 7.32. The van der Waals surface area contributed by atoms with Crippen LogP contribution in [0, 0.1) is 5.82 Å². The van der Waals surface area contributed by atoms with Crippen LogP contribution in [0.25, 0.3) is 0 Å². The molecule has 1 aromatic carbocycles. The summed E-state index contributed by atoms with van der Waals surface area (Å²) >= 11 is 16.0. The van der Waals surface area contributed by atoms with Crippen LogP contribution in [0.1, 0.15) is 10.4 Å². The van der Waals surface area contributed by atoms with Gasteiger partial charge in [0.25, 0.3) is 5.91 Å². The minimum atomic E-state index is -2.07. The highest BCUT2D eigenvalue weighted by atomic mass is 35.6. The first-order valence-corrected chi connectivity index (χ1v) is 5.26. The third-order valence-corrected chi connectivity index (χ3v) is 2.32. The van der Waals surface area contributed by atoms with Gasteiger partial charge in [-0.3, -0.25) is 4.79 Å². The minimum absolute atomic E-state index is 0.240. The average Bonchev–Trinajstić information content (AvgIpc) is 2.16. The fourth-order valence-corrected chi connectivity index (χ4v) is 1.09. The number of amides is 1. The molecule has 0 bridgehead atoms. The van der Waals surface area contributed by atoms with Crippen LogP contribution in [-0.4, -0.2) is 21.0 Å². The molecule has 1 unspecified atom stereocenters. The Kier molecular flexibility index (Phi) is 4.38. The van der Waals surface area contributed by atoms with Crippen LogP contribution in [0.5, 0.6) is 0 Å². The molecule has 2 N–H and O–H groups in total. The summed E-state index contributed by atoms with van der Waals surface area (Å²) in [6.45, 7) is 0. The minimum Gasteiger partial charge on any atom is -0.369 e. The number of nitrogens with one attached hydrogen (secondary N) is 1. The van der Waals surface area contributed by atoms with Gasteiger partial charge in [0.1, 0.15) is 5.82 Å². The van der Waals surface area contributed by atoms with Crippen LogP contribution in [-0.2, 0) is 0 Å². The van der Waals surface area contributed by atoms with Crippen molar-refractivity contribution >= 4 is 40.7 Å². The lowest BCUT2D eigenvalue weighted by Gasteiger charge is -2.19. The van der Waals surface area contributed by atoms with Crippen molar-refractivity contribution in [3.63, 3.8) is 0 Å². The molecule has 0 aliphatic heterocycles. The van der Waals surface area contributed by atoms with Crippen molar-refractivity contribution in [2.75, 3.05) is 0 Å². The Bertz CT molecular complexity index is 395. The van der Waals surface area contributed by atoms with Gasteiger partial charge in [-0.2, -0.15) is 0 Å². The summed E-state index contributed by atoms with van der Waals surface area (Å²) in [7, 11) is 0. The molecule has 0 aliphatic rings. The predicted molar refractivity (Wildman–Crippen MR) is 60.2 cm³/mol. The summed E-state index contributed by atoms with van der Waals surface area (Å²) in [5, 5.41) is 11.2. The van der Waals surface area contributed by atoms with Crippen molar-refractivity contribution in [2.24, 2.45) is 0 Å². The quantitative estimate of drug-likeness (QED) is 0.647. The van der Waals surface area contributed by atoms with E-state index in [2.05, 4.69) is 0 Å². The second-order valence-electron chi connectivity index (χ2n) is 2.90. The number of rotatable bonds is 2. The zero-order chi connectivity index (χ0) is 12.3. The van der Waals surface area contributed by atoms with E-state index in [1.807, 2.05) is 5.32 Å². The molecule has 0 saturated carbocycles. The van der Waals surface area contributed by atoms with Gasteiger partial charge in [-0.15, -0.1) is 0 Å². The highest BCUT2D eigenvalue weighted by Gasteiger charge is 2.32. The fourth-order valence-electron chi connectivity index (χ4n) is 0.929. The number of alkyl halides is 3. The molecule has 0 heterocycles. The summed E-state index contributed by atoms with van der Waals surface area (Å²) in [6, 6.07) is 5.25. The van der Waals surface area contributed by atoms with Crippen LogP contribution in [0.2, 0.25) is 0 Å². The summed E-state index contributed by atoms with van der Waals surface area (Å²) in [6.07, 6.45) is -1.72. The molecule has 0 spiro atoms. The van der Waals surface area contributed by atoms with Gasteiger partial charge in [-0.25, -0.2) is 4.39 Å². The molecular formula is C9H7Cl3FNO2. The standard InChI is InChI=1S/C9H7Cl3FNO2/c10-9(11,12)8(16)14-7(15)5-3-1-2-4-6(5)13/h1-4,8,16H,(H,14,15). The largest absolute Gasteiger partial charge is 0.369 e. The molecule has 3 nitrogen and oxygen atoms in total. The molecule has 16 heavy (non-hydrogen) atoms. The third-order valence-electron chi connectivity index (χ3n) is 1.70. The van der Waals surface area contributed by atoms with Crippen LogP contribution in [0.3, 0.4) is 0 Å². The molecule has 7 heteroatoms. The van der Waals surface area contributed by atoms with Crippen LogP contribution in [0.15, 0.2) is 24.3 Å². The van der Waals surface area contributed by atoms with Crippen molar-refractivity contribution in [2.45, 2.75) is 10.0 Å². The fraction of sp³-hybridized carbons (Fsp3) is 0.222. The van der Waals surface area contributed by atoms with Crippen molar-refractivity contribution in [1.29, 1.82) is 0 Å². The van der Waals surface area contributed by atoms with Gasteiger partial charge < -0.3 is 10.4 Å². The van der Waals surface area contributed by atoms with Gasteiger partial charge >= 0.3 is 0 Å². The summed E-state index contributed by atoms with van der Waals surface area (Å²) in [4.78, 5) is 11.4. The number of carbonyl (C=O) groups excluding carboxylic acids is 1. The molecular weight excluding hydrogens is 279 g/mol. The molecule has 88 valence electrons. The second kappa shape index (κ2) is 5.19. The Balaban J connectivity index is 2.78. The van der Waals surface area contributed by atoms with Crippen molar-refractivity contribution in [1.82, 2.24) is 5.32 Å². The average molecular weight is 287 g/mol. The van der Waals surface area contributed by atoms with Crippen molar-refractivity contribution < 1.29 is 14.3 Å². The molecule has 0 fully saturated rings. The topological polar surface area (TPSA) is 49.3 Å². The number of benzene rings is 1. The Morgan fingerprint density at radius 1 is 1.38 bits per heavy atom. The molecule has 1 atom stereocenters. The van der Waals surface area contributed by atoms with Crippen molar-refractivity contribution in [3.05, 3.63) is 35.6 Å². The van der Waals surface area contributed by atoms with E-state index in [9.17, 15) is 14.3 Å². The second-order valence-corrected chi connectivity index (χ2v) is 5.27. The SMILES string of the molecule is O=C(NC(O)C(Cl)(Cl)Cl)c1ccccc1F. The first kappa shape index (κ1) is 13.5. The van der Waals surface area contributed by atoms with Gasteiger partial charge in [0.05, 0.1) is 5.56 Å². The lowest BCUT2D eigenvalue weighted by Crippen LogP contribution is -2.43. The number of halogens is 4. The molecule has 1 amide bonds. The number of carbonyl (C=O) groups is 1. The van der Waals surface area contributed by atoms with E-state index in [4.69, 9.17) is 34.8 Å². The van der Waals surface area contributed by atoms with Gasteiger partial charge in [-0.05, 0) is 12.1 Å². The molecule has 0 aliphatic carbocycles. The number of hydrogen-bond donors (Lipinski definition) is 2. The van der Waals surface area contributed by atoms with E-state index in [1.54, 1.807) is 0 Å². The van der Waals surface area contributed by atoms with Crippen LogP contribution >= 0.6 is 34.8 Å². The van der Waals surface area contributed by atoms with Crippen molar-refractivity contribution in [3.8, 4) is 0 Å². The number of hydrogen-bond acceptors (Lipinski definition) is 2. The maximum Gasteiger partial charge on any atom is 0.256 e. The Labute approximate surface area is 106 Å². The maximum atomic E-state index is 13.1. The zero-order valence-corrected chi connectivity index (χ0v) is 10.0. The summed E-state index contributed by atoms with van der Waals surface area (Å²) in [5.41, 5.74) is -0.240. The van der Waals surface area contributed by atoms with E-state index in [0.717, 1.165) is 6.07 Å². The van der Waals surface area contributed by atoms with Gasteiger partial charge in [0.15, 0.2) is 6.23 Å². The third kappa shape index (κ3) is 3.49. The summed E-state index contributed by atoms with van der Waals surface area (Å²) < 4.78 is 11.1. The van der Waals surface area contributed by atoms with Gasteiger partial charge in [0, 0.05) is 0 Å². The Morgan fingerprint density at radius 3 is 2.44 bits per heavy atom. The highest BCUT2D eigenvalue weighted by molar-refractivity contribution is 6.68. The van der Waals surface area contributed by atoms with E-state index in [1.165, 1.54) is 18.2 Å². The lowest BCUT2D eigenvalue weighted by atomic mass is 10.2. The molecule has 1 aromatic rings. The maximum absolute atomic E-state index is 13.1. The monoisotopic (exact) mass is 285 g/mol. The van der Waals surface area contributed by atoms with Gasteiger partial charge in [-0.1, -0.05) is 46.9 Å². The smallest absolute Gasteiger partial charge is 0.256 e. The van der Waals surface area contributed by atoms with Gasteiger partial charge in [0.2, 0.25) is 3.79 Å². The molecule has 0 aromatic heterocycles. The lowest BCUT2D eigenvalue weighted by molar-refractivity contribution is 0.0788. The Hall–Kier alpha value is -0.550. The highest BCUT2D eigenvalue weighted by Crippen LogP contribution is 2.29. The summed E-state index contributed by atoms with van der Waals surface area (Å²) in [5.74, 6) is -1.59. The van der Waals surface area contributed by atoms with E-state index in [-0.39, 0.29) is 5.56 Å². The first-order valence-electron chi connectivity index (χ1n) is 4.12. The predicted octanol–water partition coefficient (Wildman–Crippen LogP) is 2.24. The van der Waals surface area contributed by atoms with Crippen LogP contribution < -0.4 is 5.32 Å². The Morgan fingerprint density at radius 2 is 1.94 bits per heavy atom. The van der Waals surface area contributed by atoms with E-state index in [0.29, 0.717) is 0 Å². The normalized spacial score (nSPS) is 13.3. The number of aliphatic hydroxyl groups is 1. The molecule has 0 saturated heterocycles.